The first kappa shape index (κ1) is 19.1. The molecular weight excluding hydrogens is 376 g/mol. The first-order valence-corrected chi connectivity index (χ1v) is 7.97. The van der Waals surface area contributed by atoms with Crippen LogP contribution in [0.4, 0.5) is 28.9 Å². The lowest BCUT2D eigenvalue weighted by molar-refractivity contribution is 0.0990. The Labute approximate surface area is 156 Å². The second-order valence-corrected chi connectivity index (χ2v) is 5.70. The van der Waals surface area contributed by atoms with Gasteiger partial charge in [-0.2, -0.15) is 0 Å². The lowest BCUT2D eigenvalue weighted by atomic mass is 10.1. The molecule has 4 nitrogen and oxygen atoms in total. The van der Waals surface area contributed by atoms with Gasteiger partial charge >= 0.3 is 0 Å². The molecule has 0 unspecified atom stereocenters. The number of anilines is 2. The van der Waals surface area contributed by atoms with Gasteiger partial charge in [0.25, 0.3) is 11.8 Å². The molecule has 2 N–H and O–H groups in total. The second-order valence-electron chi connectivity index (χ2n) is 5.70. The quantitative estimate of drug-likeness (QED) is 0.634. The van der Waals surface area contributed by atoms with Gasteiger partial charge in [0.05, 0.1) is 22.5 Å². The molecule has 0 aromatic heterocycles. The van der Waals surface area contributed by atoms with Crippen LogP contribution in [0.25, 0.3) is 0 Å². The van der Waals surface area contributed by atoms with Crippen LogP contribution in [0.1, 0.15) is 20.7 Å². The summed E-state index contributed by atoms with van der Waals surface area (Å²) in [6, 6.07) is 10.8. The fourth-order valence-corrected chi connectivity index (χ4v) is 2.44. The third kappa shape index (κ3) is 4.17. The van der Waals surface area contributed by atoms with Crippen molar-refractivity contribution in [2.24, 2.45) is 0 Å². The average molecular weight is 388 g/mol. The van der Waals surface area contributed by atoms with Crippen molar-refractivity contribution >= 4 is 23.2 Å². The summed E-state index contributed by atoms with van der Waals surface area (Å²) in [6.45, 7) is 0. The third-order valence-corrected chi connectivity index (χ3v) is 3.77. The normalized spacial score (nSPS) is 10.4. The maximum Gasteiger partial charge on any atom is 0.256 e. The molecule has 0 fully saturated rings. The molecule has 0 radical (unpaired) electrons. The Morgan fingerprint density at radius 3 is 1.36 bits per heavy atom. The van der Waals surface area contributed by atoms with Crippen molar-refractivity contribution in [2.45, 2.75) is 0 Å². The van der Waals surface area contributed by atoms with Gasteiger partial charge < -0.3 is 10.6 Å². The Bertz CT molecular complexity index is 985. The van der Waals surface area contributed by atoms with E-state index in [1.165, 1.54) is 24.3 Å². The largest absolute Gasteiger partial charge is 0.319 e. The number of carbonyl (C=O) groups is 2. The monoisotopic (exact) mass is 388 g/mol. The molecule has 0 saturated heterocycles. The Morgan fingerprint density at radius 2 is 1.00 bits per heavy atom. The van der Waals surface area contributed by atoms with Crippen LogP contribution < -0.4 is 10.6 Å². The summed E-state index contributed by atoms with van der Waals surface area (Å²) < 4.78 is 53.5. The maximum atomic E-state index is 13.7. The molecule has 3 aromatic carbocycles. The van der Waals surface area contributed by atoms with Gasteiger partial charge in [0.15, 0.2) is 0 Å². The van der Waals surface area contributed by atoms with Crippen LogP contribution >= 0.6 is 0 Å². The van der Waals surface area contributed by atoms with Crippen molar-refractivity contribution in [1.29, 1.82) is 0 Å². The number of hydrogen-bond acceptors (Lipinski definition) is 2. The molecular formula is C20H12F4N2O2. The van der Waals surface area contributed by atoms with Crippen LogP contribution in [-0.4, -0.2) is 11.8 Å². The summed E-state index contributed by atoms with van der Waals surface area (Å²) in [6.07, 6.45) is 0. The number of benzene rings is 3. The first-order valence-electron chi connectivity index (χ1n) is 7.97. The highest BCUT2D eigenvalue weighted by Crippen LogP contribution is 2.20. The predicted octanol–water partition coefficient (Wildman–Crippen LogP) is 4.75. The van der Waals surface area contributed by atoms with E-state index in [1.54, 1.807) is 0 Å². The zero-order valence-corrected chi connectivity index (χ0v) is 14.1. The van der Waals surface area contributed by atoms with E-state index in [-0.39, 0.29) is 22.5 Å². The van der Waals surface area contributed by atoms with E-state index >= 15 is 0 Å². The highest BCUT2D eigenvalue weighted by molar-refractivity contribution is 6.15. The highest BCUT2D eigenvalue weighted by atomic mass is 19.1. The molecule has 0 atom stereocenters. The SMILES string of the molecule is O=C(Nc1ccc(F)cc1F)c1ccccc1C(=O)Nc1ccc(F)cc1F. The van der Waals surface area contributed by atoms with Crippen LogP contribution in [0.2, 0.25) is 0 Å². The van der Waals surface area contributed by atoms with E-state index in [2.05, 4.69) is 10.6 Å². The zero-order valence-electron chi connectivity index (χ0n) is 14.1. The maximum absolute atomic E-state index is 13.7. The molecule has 0 bridgehead atoms. The van der Waals surface area contributed by atoms with Crippen LogP contribution in [0.3, 0.4) is 0 Å². The molecule has 0 spiro atoms. The minimum absolute atomic E-state index is 0.119. The molecule has 2 amide bonds. The molecule has 0 heterocycles. The number of halogens is 4. The average Bonchev–Trinajstić information content (AvgIpc) is 2.66. The summed E-state index contributed by atoms with van der Waals surface area (Å²) in [5.74, 6) is -5.23. The first-order chi connectivity index (χ1) is 13.3. The Kier molecular flexibility index (Phi) is 5.39. The fourth-order valence-electron chi connectivity index (χ4n) is 2.44. The standard InChI is InChI=1S/C20H12F4N2O2/c21-11-5-7-17(15(23)9-11)25-19(27)13-3-1-2-4-14(13)20(28)26-18-8-6-12(22)10-16(18)24/h1-10H,(H,25,27)(H,26,28). The van der Waals surface area contributed by atoms with E-state index in [9.17, 15) is 27.2 Å². The molecule has 0 aliphatic carbocycles. The Balaban J connectivity index is 1.85. The van der Waals surface area contributed by atoms with Gasteiger partial charge in [-0.05, 0) is 36.4 Å². The summed E-state index contributed by atoms with van der Waals surface area (Å²) in [5, 5.41) is 4.49. The number of rotatable bonds is 4. The van der Waals surface area contributed by atoms with Gasteiger partial charge in [0.2, 0.25) is 0 Å². The number of hydrogen-bond donors (Lipinski definition) is 2. The highest BCUT2D eigenvalue weighted by Gasteiger charge is 2.19. The Morgan fingerprint density at radius 1 is 0.607 bits per heavy atom. The van der Waals surface area contributed by atoms with E-state index in [1.807, 2.05) is 0 Å². The predicted molar refractivity (Wildman–Crippen MR) is 95.1 cm³/mol. The molecule has 0 aliphatic heterocycles. The topological polar surface area (TPSA) is 58.2 Å². The van der Waals surface area contributed by atoms with Crippen LogP contribution in [0, 0.1) is 23.3 Å². The smallest absolute Gasteiger partial charge is 0.256 e. The second kappa shape index (κ2) is 7.91. The summed E-state index contributed by atoms with van der Waals surface area (Å²) >= 11 is 0. The molecule has 0 aliphatic rings. The molecule has 142 valence electrons. The van der Waals surface area contributed by atoms with E-state index in [4.69, 9.17) is 0 Å². The van der Waals surface area contributed by atoms with Crippen LogP contribution in [0.15, 0.2) is 60.7 Å². The van der Waals surface area contributed by atoms with Gasteiger partial charge in [0, 0.05) is 12.1 Å². The molecule has 0 saturated carbocycles. The van der Waals surface area contributed by atoms with Crippen LogP contribution in [0.5, 0.6) is 0 Å². The van der Waals surface area contributed by atoms with Gasteiger partial charge in [0.1, 0.15) is 23.3 Å². The molecule has 8 heteroatoms. The van der Waals surface area contributed by atoms with Gasteiger partial charge in [-0.3, -0.25) is 9.59 Å². The van der Waals surface area contributed by atoms with E-state index in [0.717, 1.165) is 24.3 Å². The molecule has 3 rings (SSSR count). The van der Waals surface area contributed by atoms with Crippen molar-refractivity contribution in [2.75, 3.05) is 10.6 Å². The van der Waals surface area contributed by atoms with Crippen LogP contribution in [-0.2, 0) is 0 Å². The number of carbonyl (C=O) groups excluding carboxylic acids is 2. The van der Waals surface area contributed by atoms with Gasteiger partial charge in [-0.25, -0.2) is 17.6 Å². The van der Waals surface area contributed by atoms with Crippen molar-refractivity contribution in [3.8, 4) is 0 Å². The Hall–Kier alpha value is -3.68. The number of nitrogens with one attached hydrogen (secondary N) is 2. The zero-order chi connectivity index (χ0) is 20.3. The molecule has 28 heavy (non-hydrogen) atoms. The van der Waals surface area contributed by atoms with E-state index < -0.39 is 35.1 Å². The van der Waals surface area contributed by atoms with Gasteiger partial charge in [-0.1, -0.05) is 12.1 Å². The van der Waals surface area contributed by atoms with E-state index in [0.29, 0.717) is 12.1 Å². The third-order valence-electron chi connectivity index (χ3n) is 3.77. The fraction of sp³-hybridized carbons (Fsp3) is 0. The van der Waals surface area contributed by atoms with Crippen molar-refractivity contribution < 1.29 is 27.2 Å². The van der Waals surface area contributed by atoms with Crippen molar-refractivity contribution in [1.82, 2.24) is 0 Å². The summed E-state index contributed by atoms with van der Waals surface area (Å²) in [4.78, 5) is 24.9. The number of amides is 2. The summed E-state index contributed by atoms with van der Waals surface area (Å²) in [7, 11) is 0. The van der Waals surface area contributed by atoms with Crippen molar-refractivity contribution in [3.63, 3.8) is 0 Å². The summed E-state index contributed by atoms with van der Waals surface area (Å²) in [5.41, 5.74) is -0.783. The lowest BCUT2D eigenvalue weighted by Gasteiger charge is -2.12. The molecule has 3 aromatic rings. The lowest BCUT2D eigenvalue weighted by Crippen LogP contribution is -2.21. The minimum atomic E-state index is -0.983. The van der Waals surface area contributed by atoms with Crippen molar-refractivity contribution in [3.05, 3.63) is 95.1 Å². The van der Waals surface area contributed by atoms with Gasteiger partial charge in [-0.15, -0.1) is 0 Å². The minimum Gasteiger partial charge on any atom is -0.319 e.